The third-order valence-corrected chi connectivity index (χ3v) is 1.88. The van der Waals surface area contributed by atoms with Crippen molar-refractivity contribution in [1.29, 1.82) is 0 Å². The number of hydrogen-bond donors (Lipinski definition) is 1. The predicted octanol–water partition coefficient (Wildman–Crippen LogP) is 3.26. The topological polar surface area (TPSA) is 38.0 Å². The molecule has 1 radical (unpaired) electrons. The molecule has 0 aliphatic heterocycles. The van der Waals surface area contributed by atoms with Crippen molar-refractivity contribution in [2.75, 3.05) is 6.61 Å². The molecule has 1 unspecified atom stereocenters. The maximum atomic E-state index is 8.69. The van der Waals surface area contributed by atoms with Crippen LogP contribution in [0.5, 0.6) is 0 Å². The van der Waals surface area contributed by atoms with Gasteiger partial charge in [-0.15, -0.1) is 0 Å². The van der Waals surface area contributed by atoms with Gasteiger partial charge in [0.2, 0.25) is 0 Å². The second-order valence-corrected chi connectivity index (χ2v) is 3.36. The van der Waals surface area contributed by atoms with Crippen LogP contribution in [-0.4, -0.2) is 21.5 Å². The molecule has 0 bridgehead atoms. The molecule has 0 saturated heterocycles. The van der Waals surface area contributed by atoms with Crippen molar-refractivity contribution in [3.8, 4) is 0 Å². The first-order chi connectivity index (χ1) is 7.72. The molecule has 0 saturated carbocycles. The molecule has 0 aliphatic carbocycles. The summed E-state index contributed by atoms with van der Waals surface area (Å²) in [7, 11) is 0. The first-order valence-corrected chi connectivity index (χ1v) is 6.32. The molecule has 1 heterocycles. The van der Waals surface area contributed by atoms with E-state index < -0.39 is 0 Å². The van der Waals surface area contributed by atoms with Gasteiger partial charge in [-0.05, 0) is 24.8 Å². The Morgan fingerprint density at radius 3 is 2.18 bits per heavy atom. The Kier molecular flexibility index (Phi) is 20.4. The van der Waals surface area contributed by atoms with Crippen molar-refractivity contribution in [3.05, 3.63) is 18.0 Å². The van der Waals surface area contributed by atoms with Gasteiger partial charge in [-0.2, -0.15) is 5.10 Å². The van der Waals surface area contributed by atoms with Gasteiger partial charge < -0.3 is 5.11 Å². The van der Waals surface area contributed by atoms with Gasteiger partial charge in [-0.25, -0.2) is 0 Å². The molecule has 0 spiro atoms. The molecule has 101 valence electrons. The second kappa shape index (κ2) is 15.8. The number of aliphatic hydroxyl groups excluding tert-OH is 1. The summed E-state index contributed by atoms with van der Waals surface area (Å²) in [5.41, 5.74) is 1.19. The summed E-state index contributed by atoms with van der Waals surface area (Å²) in [6.45, 7) is 13.3. The molecule has 0 aliphatic rings. The Balaban J connectivity index is -0.000000355. The Bertz CT molecular complexity index is 239. The van der Waals surface area contributed by atoms with Gasteiger partial charge in [0.05, 0.1) is 6.20 Å². The van der Waals surface area contributed by atoms with E-state index in [1.807, 2.05) is 51.7 Å². The molecule has 1 atom stereocenters. The fourth-order valence-electron chi connectivity index (χ4n) is 1.20. The minimum atomic E-state index is 0. The van der Waals surface area contributed by atoms with E-state index >= 15 is 0 Å². The van der Waals surface area contributed by atoms with Gasteiger partial charge in [0.1, 0.15) is 0 Å². The van der Waals surface area contributed by atoms with Gasteiger partial charge in [-0.1, -0.05) is 34.6 Å². The quantitative estimate of drug-likeness (QED) is 0.918. The number of aromatic nitrogens is 2. The van der Waals surface area contributed by atoms with Crippen molar-refractivity contribution in [2.24, 2.45) is 5.92 Å². The summed E-state index contributed by atoms with van der Waals surface area (Å²) in [6.07, 6.45) is 4.72. The summed E-state index contributed by atoms with van der Waals surface area (Å²) in [4.78, 5) is 0. The van der Waals surface area contributed by atoms with E-state index in [0.29, 0.717) is 5.92 Å². The zero-order chi connectivity index (χ0) is 13.0. The summed E-state index contributed by atoms with van der Waals surface area (Å²) < 4.78 is 1.93. The van der Waals surface area contributed by atoms with Crippen LogP contribution in [0.1, 0.15) is 46.6 Å². The molecular formula is C13H28N2OV. The summed E-state index contributed by atoms with van der Waals surface area (Å²) in [5, 5.41) is 12.9. The molecule has 4 heteroatoms. The maximum Gasteiger partial charge on any atom is 0.0518 e. The number of hydrogen-bond acceptors (Lipinski definition) is 2. The SMILES string of the molecule is CC.CC.Cc1cnn(CC(C)CCO)c1.[V]. The molecule has 1 rings (SSSR count). The summed E-state index contributed by atoms with van der Waals surface area (Å²) >= 11 is 0. The van der Waals surface area contributed by atoms with Crippen molar-refractivity contribution in [3.63, 3.8) is 0 Å². The van der Waals surface area contributed by atoms with Crippen LogP contribution >= 0.6 is 0 Å². The molecule has 17 heavy (non-hydrogen) atoms. The third kappa shape index (κ3) is 12.0. The fourth-order valence-corrected chi connectivity index (χ4v) is 1.20. The molecular weight excluding hydrogens is 251 g/mol. The van der Waals surface area contributed by atoms with E-state index in [-0.39, 0.29) is 25.2 Å². The van der Waals surface area contributed by atoms with Crippen molar-refractivity contribution in [2.45, 2.75) is 54.5 Å². The number of rotatable bonds is 4. The second-order valence-electron chi connectivity index (χ2n) is 3.36. The minimum Gasteiger partial charge on any atom is -0.396 e. The van der Waals surface area contributed by atoms with Gasteiger partial charge >= 0.3 is 0 Å². The van der Waals surface area contributed by atoms with E-state index in [2.05, 4.69) is 12.0 Å². The largest absolute Gasteiger partial charge is 0.396 e. The average molecular weight is 279 g/mol. The molecule has 3 nitrogen and oxygen atoms in total. The van der Waals surface area contributed by atoms with Crippen LogP contribution in [0.3, 0.4) is 0 Å². The Morgan fingerprint density at radius 1 is 1.29 bits per heavy atom. The molecule has 1 N–H and O–H groups in total. The molecule has 0 aromatic carbocycles. The van der Waals surface area contributed by atoms with Crippen molar-refractivity contribution >= 4 is 0 Å². The molecule has 1 aromatic heterocycles. The fraction of sp³-hybridized carbons (Fsp3) is 0.769. The number of nitrogens with zero attached hydrogens (tertiary/aromatic N) is 2. The van der Waals surface area contributed by atoms with Crippen LogP contribution in [-0.2, 0) is 25.1 Å². The minimum absolute atomic E-state index is 0. The number of aryl methyl sites for hydroxylation is 1. The van der Waals surface area contributed by atoms with Crippen LogP contribution in [0.2, 0.25) is 0 Å². The van der Waals surface area contributed by atoms with E-state index in [1.165, 1.54) is 5.56 Å². The van der Waals surface area contributed by atoms with Gasteiger partial charge in [0, 0.05) is 37.9 Å². The first kappa shape index (κ1) is 22.0. The maximum absolute atomic E-state index is 8.69. The third-order valence-electron chi connectivity index (χ3n) is 1.88. The normalized spacial score (nSPS) is 10.1. The van der Waals surface area contributed by atoms with E-state index in [1.54, 1.807) is 0 Å². The van der Waals surface area contributed by atoms with E-state index in [9.17, 15) is 0 Å². The molecule has 1 aromatic rings. The zero-order valence-corrected chi connectivity index (χ0v) is 13.5. The Labute approximate surface area is 119 Å². The monoisotopic (exact) mass is 279 g/mol. The summed E-state index contributed by atoms with van der Waals surface area (Å²) in [5.74, 6) is 0.495. The van der Waals surface area contributed by atoms with E-state index in [4.69, 9.17) is 5.11 Å². The molecule has 0 amide bonds. The molecule has 0 fully saturated rings. The van der Waals surface area contributed by atoms with Gasteiger partial charge in [-0.3, -0.25) is 4.68 Å². The predicted molar refractivity (Wildman–Crippen MR) is 70.5 cm³/mol. The number of aliphatic hydroxyl groups is 1. The van der Waals surface area contributed by atoms with Crippen molar-refractivity contribution in [1.82, 2.24) is 9.78 Å². The smallest absolute Gasteiger partial charge is 0.0518 e. The van der Waals surface area contributed by atoms with E-state index in [0.717, 1.165) is 13.0 Å². The first-order valence-electron chi connectivity index (χ1n) is 6.32. The van der Waals surface area contributed by atoms with Crippen LogP contribution < -0.4 is 0 Å². The Hall–Kier alpha value is -0.246. The van der Waals surface area contributed by atoms with Crippen LogP contribution in [0.4, 0.5) is 0 Å². The van der Waals surface area contributed by atoms with Crippen LogP contribution in [0, 0.1) is 12.8 Å². The standard InChI is InChI=1S/C9H16N2O.2C2H6.V/c1-8(3-4-12)6-11-7-9(2)5-10-11;2*1-2;/h5,7-8,12H,3-4,6H2,1-2H3;2*1-2H3;. The Morgan fingerprint density at radius 2 is 1.82 bits per heavy atom. The zero-order valence-electron chi connectivity index (χ0n) is 12.1. The van der Waals surface area contributed by atoms with Gasteiger partial charge in [0.25, 0.3) is 0 Å². The average Bonchev–Trinajstić information content (AvgIpc) is 2.70. The van der Waals surface area contributed by atoms with Gasteiger partial charge in [0.15, 0.2) is 0 Å². The summed E-state index contributed by atoms with van der Waals surface area (Å²) in [6, 6.07) is 0. The van der Waals surface area contributed by atoms with Crippen molar-refractivity contribution < 1.29 is 23.7 Å². The van der Waals surface area contributed by atoms with Crippen LogP contribution in [0.15, 0.2) is 12.4 Å². The van der Waals surface area contributed by atoms with Crippen LogP contribution in [0.25, 0.3) is 0 Å².